The lowest BCUT2D eigenvalue weighted by Crippen LogP contribution is -2.45. The second kappa shape index (κ2) is 6.76. The van der Waals surface area contributed by atoms with Crippen LogP contribution in [-0.2, 0) is 0 Å². The van der Waals surface area contributed by atoms with Crippen LogP contribution in [0, 0.1) is 0 Å². The number of nitrogens with zero attached hydrogens (tertiary/aromatic N) is 3. The van der Waals surface area contributed by atoms with Gasteiger partial charge in [0.15, 0.2) is 11.5 Å². The molecule has 2 N–H and O–H groups in total. The van der Waals surface area contributed by atoms with Crippen LogP contribution in [0.2, 0.25) is 0 Å². The highest BCUT2D eigenvalue weighted by Crippen LogP contribution is 2.34. The van der Waals surface area contributed by atoms with Crippen molar-refractivity contribution in [1.82, 2.24) is 20.3 Å². The van der Waals surface area contributed by atoms with Crippen LogP contribution < -0.4 is 5.32 Å². The minimum Gasteiger partial charge on any atom is -0.387 e. The molecular weight excluding hydrogens is 332 g/mol. The molecule has 1 saturated carbocycles. The van der Waals surface area contributed by atoms with Crippen molar-refractivity contribution in [2.24, 2.45) is 0 Å². The maximum absolute atomic E-state index is 12.4. The van der Waals surface area contributed by atoms with Crippen molar-refractivity contribution >= 4 is 5.91 Å². The van der Waals surface area contributed by atoms with E-state index in [1.807, 2.05) is 41.1 Å². The first-order valence-electron chi connectivity index (χ1n) is 8.66. The van der Waals surface area contributed by atoms with Crippen molar-refractivity contribution in [1.29, 1.82) is 0 Å². The topological polar surface area (TPSA) is 93.2 Å². The molecule has 1 aliphatic carbocycles. The molecule has 0 aliphatic heterocycles. The van der Waals surface area contributed by atoms with Crippen molar-refractivity contribution in [2.45, 2.75) is 38.0 Å². The van der Waals surface area contributed by atoms with Gasteiger partial charge in [0.05, 0.1) is 17.8 Å². The Hall–Kier alpha value is -2.93. The van der Waals surface area contributed by atoms with E-state index in [9.17, 15) is 9.90 Å². The minimum atomic E-state index is -0.558. The van der Waals surface area contributed by atoms with Gasteiger partial charge in [-0.3, -0.25) is 9.48 Å². The van der Waals surface area contributed by atoms with E-state index in [2.05, 4.69) is 15.6 Å². The number of carbonyl (C=O) groups is 1. The number of aromatic nitrogens is 3. The zero-order valence-corrected chi connectivity index (χ0v) is 14.4. The molecule has 1 atom stereocenters. The van der Waals surface area contributed by atoms with Crippen molar-refractivity contribution in [2.75, 3.05) is 0 Å². The number of rotatable bonds is 5. The summed E-state index contributed by atoms with van der Waals surface area (Å²) < 4.78 is 7.12. The molecule has 4 rings (SSSR count). The van der Waals surface area contributed by atoms with Gasteiger partial charge in [0.1, 0.15) is 0 Å². The first-order chi connectivity index (χ1) is 12.6. The Morgan fingerprint density at radius 3 is 2.81 bits per heavy atom. The SMILES string of the molecule is C[C@H](O)c1ccnn1[C@H]1C[C@H](NC(=O)c2cc(-c3ccccc3)on2)C1. The van der Waals surface area contributed by atoms with Crippen molar-refractivity contribution in [3.63, 3.8) is 0 Å². The van der Waals surface area contributed by atoms with Crippen LogP contribution in [0.15, 0.2) is 53.2 Å². The molecule has 1 amide bonds. The number of aliphatic hydroxyl groups is 1. The molecule has 2 heterocycles. The molecule has 1 aromatic carbocycles. The van der Waals surface area contributed by atoms with Gasteiger partial charge >= 0.3 is 0 Å². The third-order valence-electron chi connectivity index (χ3n) is 4.72. The summed E-state index contributed by atoms with van der Waals surface area (Å²) in [6.45, 7) is 1.72. The van der Waals surface area contributed by atoms with Gasteiger partial charge < -0.3 is 14.9 Å². The lowest BCUT2D eigenvalue weighted by atomic mass is 9.86. The average Bonchev–Trinajstić information content (AvgIpc) is 3.27. The standard InChI is InChI=1S/C19H20N4O3/c1-12(24)17-7-8-20-23(17)15-9-14(10-15)21-19(25)16-11-18(26-22-16)13-5-3-2-4-6-13/h2-8,11-12,14-15,24H,9-10H2,1H3,(H,21,25)/t12-,14-,15-/m0/s1. The van der Waals surface area contributed by atoms with E-state index >= 15 is 0 Å². The zero-order chi connectivity index (χ0) is 18.1. The molecule has 7 nitrogen and oxygen atoms in total. The Morgan fingerprint density at radius 1 is 1.31 bits per heavy atom. The van der Waals surface area contributed by atoms with Crippen LogP contribution >= 0.6 is 0 Å². The number of amides is 1. The van der Waals surface area contributed by atoms with Crippen LogP contribution in [0.4, 0.5) is 0 Å². The zero-order valence-electron chi connectivity index (χ0n) is 14.4. The first kappa shape index (κ1) is 16.5. The predicted molar refractivity (Wildman–Crippen MR) is 94.3 cm³/mol. The summed E-state index contributed by atoms with van der Waals surface area (Å²) in [6.07, 6.45) is 2.68. The van der Waals surface area contributed by atoms with E-state index in [0.717, 1.165) is 24.1 Å². The Labute approximate surface area is 150 Å². The normalized spacial score (nSPS) is 20.4. The van der Waals surface area contributed by atoms with Crippen LogP contribution in [0.5, 0.6) is 0 Å². The number of hydrogen-bond acceptors (Lipinski definition) is 5. The molecular formula is C19H20N4O3. The van der Waals surface area contributed by atoms with Gasteiger partial charge in [0.25, 0.3) is 5.91 Å². The van der Waals surface area contributed by atoms with Gasteiger partial charge in [-0.1, -0.05) is 35.5 Å². The Bertz CT molecular complexity index is 894. The highest BCUT2D eigenvalue weighted by Gasteiger charge is 2.34. The second-order valence-electron chi connectivity index (χ2n) is 6.61. The molecule has 26 heavy (non-hydrogen) atoms. The lowest BCUT2D eigenvalue weighted by molar-refractivity contribution is 0.0871. The van der Waals surface area contributed by atoms with Crippen molar-refractivity contribution in [3.05, 3.63) is 60.0 Å². The highest BCUT2D eigenvalue weighted by molar-refractivity contribution is 5.93. The van der Waals surface area contributed by atoms with Gasteiger partial charge in [0.2, 0.25) is 0 Å². The number of carbonyl (C=O) groups excluding carboxylic acids is 1. The molecule has 7 heteroatoms. The lowest BCUT2D eigenvalue weighted by Gasteiger charge is -2.36. The molecule has 0 unspecified atom stereocenters. The van der Waals surface area contributed by atoms with E-state index in [0.29, 0.717) is 5.76 Å². The monoisotopic (exact) mass is 352 g/mol. The average molecular weight is 352 g/mol. The maximum atomic E-state index is 12.4. The summed E-state index contributed by atoms with van der Waals surface area (Å²) in [5.41, 5.74) is 1.95. The fourth-order valence-electron chi connectivity index (χ4n) is 3.25. The number of aliphatic hydroxyl groups excluding tert-OH is 1. The Balaban J connectivity index is 1.36. The van der Waals surface area contributed by atoms with Crippen molar-refractivity contribution in [3.8, 4) is 11.3 Å². The fourth-order valence-corrected chi connectivity index (χ4v) is 3.25. The summed E-state index contributed by atoms with van der Waals surface area (Å²) in [5.74, 6) is 0.330. The van der Waals surface area contributed by atoms with Gasteiger partial charge in [-0.25, -0.2) is 0 Å². The summed E-state index contributed by atoms with van der Waals surface area (Å²) in [6, 6.07) is 13.3. The van der Waals surface area contributed by atoms with Gasteiger partial charge in [-0.15, -0.1) is 0 Å². The number of benzene rings is 1. The molecule has 0 spiro atoms. The molecule has 3 aromatic rings. The van der Waals surface area contributed by atoms with E-state index in [1.165, 1.54) is 0 Å². The smallest absolute Gasteiger partial charge is 0.273 e. The molecule has 1 fully saturated rings. The highest BCUT2D eigenvalue weighted by atomic mass is 16.5. The Kier molecular flexibility index (Phi) is 4.30. The quantitative estimate of drug-likeness (QED) is 0.736. The van der Waals surface area contributed by atoms with E-state index in [-0.39, 0.29) is 23.7 Å². The summed E-state index contributed by atoms with van der Waals surface area (Å²) in [4.78, 5) is 12.4. The summed E-state index contributed by atoms with van der Waals surface area (Å²) in [7, 11) is 0. The molecule has 0 radical (unpaired) electrons. The largest absolute Gasteiger partial charge is 0.387 e. The third kappa shape index (κ3) is 3.13. The second-order valence-corrected chi connectivity index (χ2v) is 6.61. The number of nitrogens with one attached hydrogen (secondary N) is 1. The molecule has 134 valence electrons. The molecule has 0 bridgehead atoms. The van der Waals surface area contributed by atoms with E-state index < -0.39 is 6.10 Å². The van der Waals surface area contributed by atoms with Crippen LogP contribution in [0.25, 0.3) is 11.3 Å². The maximum Gasteiger partial charge on any atom is 0.273 e. The summed E-state index contributed by atoms with van der Waals surface area (Å²) >= 11 is 0. The van der Waals surface area contributed by atoms with Gasteiger partial charge in [0, 0.05) is 23.9 Å². The Morgan fingerprint density at radius 2 is 2.08 bits per heavy atom. The summed E-state index contributed by atoms with van der Waals surface area (Å²) in [5, 5.41) is 20.9. The van der Waals surface area contributed by atoms with Crippen LogP contribution in [0.3, 0.4) is 0 Å². The molecule has 1 aliphatic rings. The van der Waals surface area contributed by atoms with Crippen molar-refractivity contribution < 1.29 is 14.4 Å². The first-order valence-corrected chi connectivity index (χ1v) is 8.66. The third-order valence-corrected chi connectivity index (χ3v) is 4.72. The van der Waals surface area contributed by atoms with Gasteiger partial charge in [-0.05, 0) is 25.8 Å². The molecule has 2 aromatic heterocycles. The number of hydrogen-bond donors (Lipinski definition) is 2. The minimum absolute atomic E-state index is 0.0652. The van der Waals surface area contributed by atoms with E-state index in [1.54, 1.807) is 19.2 Å². The molecule has 0 saturated heterocycles. The predicted octanol–water partition coefficient (Wildman–Crippen LogP) is 2.72. The van der Waals surface area contributed by atoms with Gasteiger partial charge in [-0.2, -0.15) is 5.10 Å². The van der Waals surface area contributed by atoms with Crippen LogP contribution in [-0.4, -0.2) is 32.0 Å². The van der Waals surface area contributed by atoms with E-state index in [4.69, 9.17) is 4.52 Å². The van der Waals surface area contributed by atoms with Crippen LogP contribution in [0.1, 0.15) is 48.1 Å². The fraction of sp³-hybridized carbons (Fsp3) is 0.316.